The third-order valence-electron chi connectivity index (χ3n) is 4.71. The molecule has 0 radical (unpaired) electrons. The van der Waals surface area contributed by atoms with Gasteiger partial charge in [0.2, 0.25) is 10.0 Å². The second kappa shape index (κ2) is 7.10. The summed E-state index contributed by atoms with van der Waals surface area (Å²) in [6.07, 6.45) is 1.96. The molecule has 0 bridgehead atoms. The number of hydrogen-bond acceptors (Lipinski definition) is 6. The summed E-state index contributed by atoms with van der Waals surface area (Å²) in [4.78, 5) is 4.68. The van der Waals surface area contributed by atoms with Crippen molar-refractivity contribution >= 4 is 37.9 Å². The van der Waals surface area contributed by atoms with Crippen molar-refractivity contribution in [2.24, 2.45) is 0 Å². The van der Waals surface area contributed by atoms with E-state index in [-0.39, 0.29) is 6.04 Å². The zero-order chi connectivity index (χ0) is 19.9. The maximum absolute atomic E-state index is 12.1. The van der Waals surface area contributed by atoms with Crippen molar-refractivity contribution in [3.63, 3.8) is 0 Å². The SMILES string of the molecule is COc1cccc(Nc2nc(-c3ccc4c(c3)C[C@@H](C)N4S(C)(=O)=O)cs2)c1. The first-order chi connectivity index (χ1) is 13.3. The Kier molecular flexibility index (Phi) is 4.76. The summed E-state index contributed by atoms with van der Waals surface area (Å²) < 4.78 is 30.9. The van der Waals surface area contributed by atoms with E-state index in [9.17, 15) is 8.42 Å². The summed E-state index contributed by atoms with van der Waals surface area (Å²) in [7, 11) is -1.64. The summed E-state index contributed by atoms with van der Waals surface area (Å²) in [5.74, 6) is 0.782. The molecule has 8 heteroatoms. The van der Waals surface area contributed by atoms with Gasteiger partial charge in [0.1, 0.15) is 5.75 Å². The fourth-order valence-electron chi connectivity index (χ4n) is 3.56. The highest BCUT2D eigenvalue weighted by molar-refractivity contribution is 7.92. The quantitative estimate of drug-likeness (QED) is 0.674. The van der Waals surface area contributed by atoms with Gasteiger partial charge in [0.15, 0.2) is 5.13 Å². The molecule has 0 unspecified atom stereocenters. The number of nitrogens with one attached hydrogen (secondary N) is 1. The van der Waals surface area contributed by atoms with Crippen LogP contribution in [-0.4, -0.2) is 32.8 Å². The number of benzene rings is 2. The number of ether oxygens (including phenoxy) is 1. The lowest BCUT2D eigenvalue weighted by atomic mass is 10.1. The summed E-state index contributed by atoms with van der Waals surface area (Å²) in [6.45, 7) is 1.93. The highest BCUT2D eigenvalue weighted by Crippen LogP contribution is 2.37. The molecule has 0 saturated heterocycles. The van der Waals surface area contributed by atoms with Gasteiger partial charge in [0.05, 0.1) is 24.7 Å². The lowest BCUT2D eigenvalue weighted by Crippen LogP contribution is -2.34. The molecule has 0 fully saturated rings. The van der Waals surface area contributed by atoms with Crippen LogP contribution in [0.25, 0.3) is 11.3 Å². The smallest absolute Gasteiger partial charge is 0.232 e. The number of sulfonamides is 1. The molecule has 2 heterocycles. The van der Waals surface area contributed by atoms with E-state index in [1.54, 1.807) is 7.11 Å². The standard InChI is InChI=1S/C20H21N3O3S2/c1-13-9-15-10-14(7-8-19(15)23(13)28(3,24)25)18-12-27-20(22-18)21-16-5-4-6-17(11-16)26-2/h4-8,10-13H,9H2,1-3H3,(H,21,22)/t13-/m1/s1. The molecular formula is C20H21N3O3S2. The van der Waals surface area contributed by atoms with E-state index in [4.69, 9.17) is 4.74 Å². The van der Waals surface area contributed by atoms with E-state index in [1.165, 1.54) is 21.9 Å². The fraction of sp³-hybridized carbons (Fsp3) is 0.250. The number of nitrogens with zero attached hydrogens (tertiary/aromatic N) is 2. The van der Waals surface area contributed by atoms with Crippen molar-refractivity contribution in [1.82, 2.24) is 4.98 Å². The molecule has 1 atom stereocenters. The molecule has 1 aromatic heterocycles. The molecule has 146 valence electrons. The predicted molar refractivity (Wildman–Crippen MR) is 114 cm³/mol. The van der Waals surface area contributed by atoms with Crippen LogP contribution in [0.5, 0.6) is 5.75 Å². The first kappa shape index (κ1) is 18.8. The normalized spacial score (nSPS) is 16.1. The van der Waals surface area contributed by atoms with Gasteiger partial charge < -0.3 is 10.1 Å². The Balaban J connectivity index is 1.59. The lowest BCUT2D eigenvalue weighted by molar-refractivity contribution is 0.415. The maximum atomic E-state index is 12.1. The maximum Gasteiger partial charge on any atom is 0.232 e. The van der Waals surface area contributed by atoms with Crippen molar-refractivity contribution in [3.8, 4) is 17.0 Å². The van der Waals surface area contributed by atoms with Gasteiger partial charge in [-0.25, -0.2) is 13.4 Å². The Morgan fingerprint density at radius 3 is 2.82 bits per heavy atom. The van der Waals surface area contributed by atoms with E-state index in [0.717, 1.165) is 39.1 Å². The lowest BCUT2D eigenvalue weighted by Gasteiger charge is -2.21. The van der Waals surface area contributed by atoms with E-state index < -0.39 is 10.0 Å². The highest BCUT2D eigenvalue weighted by atomic mass is 32.2. The minimum absolute atomic E-state index is 0.0685. The van der Waals surface area contributed by atoms with Crippen LogP contribution < -0.4 is 14.4 Å². The molecule has 3 aromatic rings. The summed E-state index contributed by atoms with van der Waals surface area (Å²) in [6, 6.07) is 13.5. The minimum atomic E-state index is -3.28. The Morgan fingerprint density at radius 2 is 2.07 bits per heavy atom. The first-order valence-corrected chi connectivity index (χ1v) is 11.6. The van der Waals surface area contributed by atoms with Crippen molar-refractivity contribution in [2.75, 3.05) is 23.0 Å². The number of rotatable bonds is 5. The highest BCUT2D eigenvalue weighted by Gasteiger charge is 2.32. The van der Waals surface area contributed by atoms with Gasteiger partial charge in [-0.3, -0.25) is 4.31 Å². The average molecular weight is 416 g/mol. The zero-order valence-corrected chi connectivity index (χ0v) is 17.5. The van der Waals surface area contributed by atoms with Crippen LogP contribution in [0.15, 0.2) is 47.8 Å². The van der Waals surface area contributed by atoms with Crippen molar-refractivity contribution in [2.45, 2.75) is 19.4 Å². The topological polar surface area (TPSA) is 71.5 Å². The van der Waals surface area contributed by atoms with Crippen LogP contribution in [0.3, 0.4) is 0 Å². The van der Waals surface area contributed by atoms with E-state index in [1.807, 2.05) is 54.8 Å². The largest absolute Gasteiger partial charge is 0.497 e. The number of thiazole rings is 1. The van der Waals surface area contributed by atoms with Crippen molar-refractivity contribution < 1.29 is 13.2 Å². The third-order valence-corrected chi connectivity index (χ3v) is 6.74. The van der Waals surface area contributed by atoms with Crippen LogP contribution in [0, 0.1) is 0 Å². The molecule has 28 heavy (non-hydrogen) atoms. The summed E-state index contributed by atoms with van der Waals surface area (Å²) in [5.41, 5.74) is 4.56. The van der Waals surface area contributed by atoms with Gasteiger partial charge in [-0.2, -0.15) is 0 Å². The molecule has 0 spiro atoms. The van der Waals surface area contributed by atoms with Gasteiger partial charge in [-0.15, -0.1) is 11.3 Å². The second-order valence-corrected chi connectivity index (χ2v) is 9.57. The number of fused-ring (bicyclic) bond motifs is 1. The number of anilines is 3. The Bertz CT molecular complexity index is 1130. The van der Waals surface area contributed by atoms with Crippen LogP contribution in [0.4, 0.5) is 16.5 Å². The first-order valence-electron chi connectivity index (χ1n) is 8.84. The van der Waals surface area contributed by atoms with Crippen LogP contribution in [0.1, 0.15) is 12.5 Å². The molecule has 2 aromatic carbocycles. The minimum Gasteiger partial charge on any atom is -0.497 e. The monoisotopic (exact) mass is 415 g/mol. The molecule has 0 aliphatic carbocycles. The third kappa shape index (κ3) is 3.57. The van der Waals surface area contributed by atoms with Crippen LogP contribution in [-0.2, 0) is 16.4 Å². The second-order valence-electron chi connectivity index (χ2n) is 6.85. The van der Waals surface area contributed by atoms with E-state index in [0.29, 0.717) is 6.42 Å². The molecule has 6 nitrogen and oxygen atoms in total. The number of methoxy groups -OCH3 is 1. The van der Waals surface area contributed by atoms with Gasteiger partial charge >= 0.3 is 0 Å². The van der Waals surface area contributed by atoms with E-state index >= 15 is 0 Å². The van der Waals surface area contributed by atoms with Crippen LogP contribution in [0.2, 0.25) is 0 Å². The van der Waals surface area contributed by atoms with Gasteiger partial charge in [-0.05, 0) is 43.2 Å². The molecular weight excluding hydrogens is 394 g/mol. The van der Waals surface area contributed by atoms with Gasteiger partial charge in [-0.1, -0.05) is 12.1 Å². The fourth-order valence-corrected chi connectivity index (χ4v) is 5.56. The molecule has 0 amide bonds. The summed E-state index contributed by atoms with van der Waals surface area (Å²) in [5, 5.41) is 6.08. The predicted octanol–water partition coefficient (Wildman–Crippen LogP) is 4.27. The Hall–Kier alpha value is -2.58. The molecule has 1 N–H and O–H groups in total. The van der Waals surface area contributed by atoms with Crippen molar-refractivity contribution in [3.05, 3.63) is 53.4 Å². The van der Waals surface area contributed by atoms with Gasteiger partial charge in [0, 0.05) is 28.7 Å². The molecule has 1 aliphatic heterocycles. The summed E-state index contributed by atoms with van der Waals surface area (Å²) >= 11 is 1.52. The Morgan fingerprint density at radius 1 is 1.25 bits per heavy atom. The van der Waals surface area contributed by atoms with Gasteiger partial charge in [0.25, 0.3) is 0 Å². The zero-order valence-electron chi connectivity index (χ0n) is 15.8. The number of hydrogen-bond donors (Lipinski definition) is 1. The number of aromatic nitrogens is 1. The molecule has 1 aliphatic rings. The average Bonchev–Trinajstić information content (AvgIpc) is 3.24. The van der Waals surface area contributed by atoms with E-state index in [2.05, 4.69) is 10.3 Å². The Labute approximate surface area is 168 Å². The molecule has 0 saturated carbocycles. The van der Waals surface area contributed by atoms with Crippen molar-refractivity contribution in [1.29, 1.82) is 0 Å². The molecule has 4 rings (SSSR count). The van der Waals surface area contributed by atoms with Crippen LogP contribution >= 0.6 is 11.3 Å².